The number of aromatic amines is 1. The number of imidazole rings is 1. The van der Waals surface area contributed by atoms with E-state index >= 15 is 4.39 Å². The zero-order valence-electron chi connectivity index (χ0n) is 18.9. The summed E-state index contributed by atoms with van der Waals surface area (Å²) >= 11 is 11.9. The van der Waals surface area contributed by atoms with Gasteiger partial charge in [0.05, 0.1) is 21.7 Å². The van der Waals surface area contributed by atoms with Crippen molar-refractivity contribution in [3.05, 3.63) is 105 Å². The molecule has 0 radical (unpaired) electrons. The van der Waals surface area contributed by atoms with E-state index in [0.29, 0.717) is 45.8 Å². The molecule has 0 spiro atoms. The van der Waals surface area contributed by atoms with Gasteiger partial charge in [-0.3, -0.25) is 0 Å². The van der Waals surface area contributed by atoms with Crippen LogP contribution in [0.25, 0.3) is 11.0 Å². The van der Waals surface area contributed by atoms with Crippen molar-refractivity contribution in [3.8, 4) is 0 Å². The first-order valence-corrected chi connectivity index (χ1v) is 11.9. The average Bonchev–Trinajstić information content (AvgIpc) is 3.43. The number of aromatic nitrogens is 4. The molecular formula is C26H17Cl2FN6O2. The third-order valence-corrected chi connectivity index (χ3v) is 6.86. The number of aldehydes is 1. The highest BCUT2D eigenvalue weighted by Gasteiger charge is 2.51. The number of carbonyl (C=O) groups excluding carboxylic acids is 1. The third kappa shape index (κ3) is 3.71. The molecule has 0 bridgehead atoms. The van der Waals surface area contributed by atoms with Crippen LogP contribution in [-0.2, 0) is 10.5 Å². The van der Waals surface area contributed by atoms with Crippen LogP contribution < -0.4 is 10.2 Å². The summed E-state index contributed by atoms with van der Waals surface area (Å²) in [7, 11) is 0. The van der Waals surface area contributed by atoms with E-state index in [2.05, 4.69) is 25.5 Å². The lowest BCUT2D eigenvalue weighted by molar-refractivity contribution is -0.109. The first-order valence-electron chi connectivity index (χ1n) is 11.2. The van der Waals surface area contributed by atoms with Crippen LogP contribution in [0, 0.1) is 5.82 Å². The second-order valence-electron chi connectivity index (χ2n) is 8.47. The van der Waals surface area contributed by atoms with Crippen molar-refractivity contribution in [3.63, 3.8) is 0 Å². The van der Waals surface area contributed by atoms with Gasteiger partial charge in [-0.25, -0.2) is 9.37 Å². The zero-order chi connectivity index (χ0) is 25.7. The van der Waals surface area contributed by atoms with E-state index in [4.69, 9.17) is 23.2 Å². The monoisotopic (exact) mass is 534 g/mol. The number of halogens is 3. The van der Waals surface area contributed by atoms with Crippen LogP contribution >= 0.6 is 23.2 Å². The number of aliphatic hydroxyl groups is 1. The standard InChI is InChI=1S/C26H17Cl2FN6O2/c27-17-6-3-7-20(24(17)29)35-21(13-36)15-4-1-2-5-16(15)26(35,37)14-8-9-18-19(12-14)31-25(30-18)32-23-11-10-22(28)33-34-23/h1-13,21,37H,(H2,30,31,32,34). The maximum Gasteiger partial charge on any atom is 0.206 e. The normalized spacial score (nSPS) is 18.7. The van der Waals surface area contributed by atoms with Gasteiger partial charge in [0.15, 0.2) is 22.5 Å². The summed E-state index contributed by atoms with van der Waals surface area (Å²) in [4.78, 5) is 21.3. The number of hydrogen-bond donors (Lipinski definition) is 3. The maximum atomic E-state index is 15.3. The van der Waals surface area contributed by atoms with Gasteiger partial charge in [-0.1, -0.05) is 59.6 Å². The highest BCUT2D eigenvalue weighted by molar-refractivity contribution is 6.31. The van der Waals surface area contributed by atoms with Crippen LogP contribution in [-0.4, -0.2) is 31.6 Å². The number of rotatable bonds is 5. The topological polar surface area (TPSA) is 107 Å². The number of fused-ring (bicyclic) bond motifs is 2. The SMILES string of the molecule is O=CC1c2ccccc2C(O)(c2ccc3nc(Nc4ccc(Cl)nn4)[nH]c3c2)N1c1cccc(Cl)c1F. The summed E-state index contributed by atoms with van der Waals surface area (Å²) in [6, 6.07) is 18.9. The van der Waals surface area contributed by atoms with E-state index in [0.717, 1.165) is 0 Å². The highest BCUT2D eigenvalue weighted by atomic mass is 35.5. The molecule has 2 unspecified atom stereocenters. The van der Waals surface area contributed by atoms with Crippen molar-refractivity contribution in [2.24, 2.45) is 0 Å². The molecule has 0 saturated heterocycles. The van der Waals surface area contributed by atoms with E-state index in [1.54, 1.807) is 60.7 Å². The molecule has 0 saturated carbocycles. The van der Waals surface area contributed by atoms with Crippen molar-refractivity contribution in [1.82, 2.24) is 20.2 Å². The molecule has 3 aromatic carbocycles. The largest absolute Gasteiger partial charge is 0.363 e. The van der Waals surface area contributed by atoms with Crippen molar-refractivity contribution < 1.29 is 14.3 Å². The molecule has 3 N–H and O–H groups in total. The lowest BCUT2D eigenvalue weighted by atomic mass is 9.93. The van der Waals surface area contributed by atoms with Gasteiger partial charge in [0.2, 0.25) is 5.95 Å². The van der Waals surface area contributed by atoms with Gasteiger partial charge in [0.1, 0.15) is 12.3 Å². The van der Waals surface area contributed by atoms with Crippen molar-refractivity contribution in [2.75, 3.05) is 10.2 Å². The van der Waals surface area contributed by atoms with Gasteiger partial charge >= 0.3 is 0 Å². The van der Waals surface area contributed by atoms with Gasteiger partial charge in [0, 0.05) is 11.1 Å². The zero-order valence-corrected chi connectivity index (χ0v) is 20.4. The first kappa shape index (κ1) is 23.4. The Morgan fingerprint density at radius 3 is 2.68 bits per heavy atom. The molecule has 3 heterocycles. The van der Waals surface area contributed by atoms with E-state index in [9.17, 15) is 9.90 Å². The Balaban J connectivity index is 1.49. The number of anilines is 3. The predicted molar refractivity (Wildman–Crippen MR) is 139 cm³/mol. The molecular weight excluding hydrogens is 518 g/mol. The second kappa shape index (κ2) is 8.81. The minimum absolute atomic E-state index is 0.00308. The Morgan fingerprint density at radius 2 is 1.89 bits per heavy atom. The van der Waals surface area contributed by atoms with Crippen LogP contribution in [0.3, 0.4) is 0 Å². The molecule has 1 aliphatic heterocycles. The van der Waals surface area contributed by atoms with Gasteiger partial charge in [0.25, 0.3) is 0 Å². The molecule has 2 aromatic heterocycles. The van der Waals surface area contributed by atoms with Gasteiger partial charge < -0.3 is 25.1 Å². The van der Waals surface area contributed by atoms with Crippen LogP contribution in [0.15, 0.2) is 72.8 Å². The summed E-state index contributed by atoms with van der Waals surface area (Å²) in [5, 5.41) is 23.3. The Morgan fingerprint density at radius 1 is 1.05 bits per heavy atom. The van der Waals surface area contributed by atoms with Crippen LogP contribution in [0.4, 0.5) is 21.8 Å². The van der Waals surface area contributed by atoms with E-state index in [-0.39, 0.29) is 15.9 Å². The number of nitrogens with one attached hydrogen (secondary N) is 2. The molecule has 37 heavy (non-hydrogen) atoms. The number of H-pyrrole nitrogens is 1. The van der Waals surface area contributed by atoms with E-state index < -0.39 is 17.6 Å². The Bertz CT molecular complexity index is 1660. The molecule has 2 atom stereocenters. The molecule has 11 heteroatoms. The first-order chi connectivity index (χ1) is 17.9. The third-order valence-electron chi connectivity index (χ3n) is 6.36. The molecule has 1 aliphatic rings. The molecule has 6 rings (SSSR count). The molecule has 0 amide bonds. The van der Waals surface area contributed by atoms with Gasteiger partial charge in [-0.2, -0.15) is 0 Å². The minimum Gasteiger partial charge on any atom is -0.363 e. The lowest BCUT2D eigenvalue weighted by Crippen LogP contribution is -2.44. The van der Waals surface area contributed by atoms with Gasteiger partial charge in [-0.05, 0) is 42.0 Å². The summed E-state index contributed by atoms with van der Waals surface area (Å²) in [5.74, 6) is 0.0926. The maximum absolute atomic E-state index is 15.3. The van der Waals surface area contributed by atoms with Crippen LogP contribution in [0.5, 0.6) is 0 Å². The van der Waals surface area contributed by atoms with E-state index in [1.165, 1.54) is 17.0 Å². The summed E-state index contributed by atoms with van der Waals surface area (Å²) in [6.07, 6.45) is 0.682. The number of nitrogens with zero attached hydrogens (tertiary/aromatic N) is 4. The smallest absolute Gasteiger partial charge is 0.206 e. The number of benzene rings is 3. The van der Waals surface area contributed by atoms with Crippen LogP contribution in [0.1, 0.15) is 22.7 Å². The summed E-state index contributed by atoms with van der Waals surface area (Å²) < 4.78 is 15.3. The Labute approximate surface area is 219 Å². The average molecular weight is 535 g/mol. The predicted octanol–water partition coefficient (Wildman–Crippen LogP) is 5.50. The fraction of sp³-hybridized carbons (Fsp3) is 0.0769. The summed E-state index contributed by atoms with van der Waals surface area (Å²) in [5.41, 5.74) is 0.731. The number of carbonyl (C=O) groups is 1. The highest BCUT2D eigenvalue weighted by Crippen LogP contribution is 2.51. The Hall–Kier alpha value is -4.05. The fourth-order valence-corrected chi connectivity index (χ4v) is 5.03. The molecule has 184 valence electrons. The Kier molecular flexibility index (Phi) is 5.56. The summed E-state index contributed by atoms with van der Waals surface area (Å²) in [6.45, 7) is 0. The minimum atomic E-state index is -1.89. The van der Waals surface area contributed by atoms with Crippen molar-refractivity contribution in [2.45, 2.75) is 11.8 Å². The molecule has 8 nitrogen and oxygen atoms in total. The quantitative estimate of drug-likeness (QED) is 0.255. The van der Waals surface area contributed by atoms with Gasteiger partial charge in [-0.15, -0.1) is 10.2 Å². The van der Waals surface area contributed by atoms with Crippen LogP contribution in [0.2, 0.25) is 10.2 Å². The second-order valence-corrected chi connectivity index (χ2v) is 9.26. The van der Waals surface area contributed by atoms with Crippen molar-refractivity contribution >= 4 is 58.0 Å². The fourth-order valence-electron chi connectivity index (χ4n) is 4.76. The molecule has 5 aromatic rings. The molecule has 0 fully saturated rings. The molecule has 0 aliphatic carbocycles. The number of hydrogen-bond acceptors (Lipinski definition) is 7. The van der Waals surface area contributed by atoms with E-state index in [1.807, 2.05) is 0 Å². The lowest BCUT2D eigenvalue weighted by Gasteiger charge is -2.38. The van der Waals surface area contributed by atoms with Crippen molar-refractivity contribution in [1.29, 1.82) is 0 Å².